The molecule has 2 N–H and O–H groups in total. The lowest BCUT2D eigenvalue weighted by Gasteiger charge is -2.04. The molecule has 1 aromatic carbocycles. The van der Waals surface area contributed by atoms with Crippen LogP contribution in [0.3, 0.4) is 0 Å². The molecule has 0 bridgehead atoms. The number of nitrogens with one attached hydrogen (secondary N) is 2. The molecule has 0 saturated heterocycles. The predicted octanol–water partition coefficient (Wildman–Crippen LogP) is 1.51. The highest BCUT2D eigenvalue weighted by molar-refractivity contribution is 7.89. The third-order valence-electron chi connectivity index (χ3n) is 3.32. The Balaban J connectivity index is 1.98. The minimum atomic E-state index is -3.34. The standard InChI is InChI=1S/C15H18ClN3O4S/c1-10-13(9-14(20)18-7-8-24(21,22)17-2)19-15(23-10)11-3-5-12(16)6-4-11/h3-6,17H,7-9H2,1-2H3,(H,18,20). The van der Waals surface area contributed by atoms with Crippen LogP contribution >= 0.6 is 11.6 Å². The Bertz CT molecular complexity index is 816. The summed E-state index contributed by atoms with van der Waals surface area (Å²) in [5.41, 5.74) is 1.27. The van der Waals surface area contributed by atoms with E-state index in [1.54, 1.807) is 31.2 Å². The van der Waals surface area contributed by atoms with Crippen molar-refractivity contribution in [2.75, 3.05) is 19.3 Å². The topological polar surface area (TPSA) is 101 Å². The van der Waals surface area contributed by atoms with Gasteiger partial charge in [0.2, 0.25) is 21.8 Å². The molecular weight excluding hydrogens is 354 g/mol. The van der Waals surface area contributed by atoms with Crippen molar-refractivity contribution >= 4 is 27.5 Å². The minimum Gasteiger partial charge on any atom is -0.441 e. The van der Waals surface area contributed by atoms with Gasteiger partial charge in [0.25, 0.3) is 0 Å². The van der Waals surface area contributed by atoms with Crippen LogP contribution in [-0.4, -0.2) is 38.7 Å². The Labute approximate surface area is 145 Å². The molecule has 0 fully saturated rings. The smallest absolute Gasteiger partial charge is 0.226 e. The molecule has 1 heterocycles. The number of oxazole rings is 1. The van der Waals surface area contributed by atoms with Crippen molar-refractivity contribution in [1.29, 1.82) is 0 Å². The van der Waals surface area contributed by atoms with Gasteiger partial charge in [0.1, 0.15) is 5.76 Å². The Morgan fingerprint density at radius 1 is 1.29 bits per heavy atom. The van der Waals surface area contributed by atoms with Gasteiger partial charge in [0.05, 0.1) is 17.9 Å². The molecule has 0 saturated carbocycles. The van der Waals surface area contributed by atoms with E-state index in [0.29, 0.717) is 22.4 Å². The number of benzene rings is 1. The summed E-state index contributed by atoms with van der Waals surface area (Å²) >= 11 is 5.84. The van der Waals surface area contributed by atoms with E-state index in [1.807, 2.05) is 0 Å². The summed E-state index contributed by atoms with van der Waals surface area (Å²) in [4.78, 5) is 16.2. The zero-order chi connectivity index (χ0) is 17.7. The van der Waals surface area contributed by atoms with Gasteiger partial charge in [-0.1, -0.05) is 11.6 Å². The third-order valence-corrected chi connectivity index (χ3v) is 4.93. The number of sulfonamides is 1. The van der Waals surface area contributed by atoms with Crippen molar-refractivity contribution in [2.45, 2.75) is 13.3 Å². The summed E-state index contributed by atoms with van der Waals surface area (Å²) in [6.45, 7) is 1.75. The number of carbonyl (C=O) groups excluding carboxylic acids is 1. The number of aryl methyl sites for hydroxylation is 1. The highest BCUT2D eigenvalue weighted by Gasteiger charge is 2.15. The molecule has 9 heteroatoms. The van der Waals surface area contributed by atoms with E-state index in [9.17, 15) is 13.2 Å². The van der Waals surface area contributed by atoms with E-state index in [1.165, 1.54) is 7.05 Å². The average Bonchev–Trinajstić information content (AvgIpc) is 2.88. The van der Waals surface area contributed by atoms with Crippen molar-refractivity contribution in [2.24, 2.45) is 0 Å². The van der Waals surface area contributed by atoms with Gasteiger partial charge in [-0.3, -0.25) is 4.79 Å². The maximum Gasteiger partial charge on any atom is 0.226 e. The number of halogens is 1. The third kappa shape index (κ3) is 5.05. The number of hydrogen-bond acceptors (Lipinski definition) is 5. The van der Waals surface area contributed by atoms with E-state index in [4.69, 9.17) is 16.0 Å². The van der Waals surface area contributed by atoms with Gasteiger partial charge in [-0.2, -0.15) is 0 Å². The largest absolute Gasteiger partial charge is 0.441 e. The first kappa shape index (κ1) is 18.4. The Hall–Kier alpha value is -1.90. The molecule has 0 aliphatic carbocycles. The molecule has 1 aromatic heterocycles. The van der Waals surface area contributed by atoms with Crippen LogP contribution < -0.4 is 10.0 Å². The van der Waals surface area contributed by atoms with E-state index >= 15 is 0 Å². The molecule has 2 aromatic rings. The summed E-state index contributed by atoms with van der Waals surface area (Å²) in [5.74, 6) is 0.450. The lowest BCUT2D eigenvalue weighted by atomic mass is 10.2. The van der Waals surface area contributed by atoms with E-state index in [0.717, 1.165) is 5.56 Å². The van der Waals surface area contributed by atoms with E-state index in [-0.39, 0.29) is 24.6 Å². The second-order valence-corrected chi connectivity index (χ2v) is 7.56. The second kappa shape index (κ2) is 7.78. The summed E-state index contributed by atoms with van der Waals surface area (Å²) in [6, 6.07) is 7.01. The minimum absolute atomic E-state index is 0.0164. The van der Waals surface area contributed by atoms with E-state index < -0.39 is 10.0 Å². The molecule has 130 valence electrons. The van der Waals surface area contributed by atoms with Crippen molar-refractivity contribution in [3.05, 3.63) is 40.7 Å². The van der Waals surface area contributed by atoms with Crippen LogP contribution in [0.5, 0.6) is 0 Å². The molecule has 0 atom stereocenters. The number of hydrogen-bond donors (Lipinski definition) is 2. The first-order valence-corrected chi connectivity index (χ1v) is 9.24. The second-order valence-electron chi connectivity index (χ2n) is 5.08. The fourth-order valence-electron chi connectivity index (χ4n) is 1.95. The van der Waals surface area contributed by atoms with Gasteiger partial charge in [0.15, 0.2) is 0 Å². The van der Waals surface area contributed by atoms with Crippen LogP contribution in [0, 0.1) is 6.92 Å². The SMILES string of the molecule is CNS(=O)(=O)CCNC(=O)Cc1nc(-c2ccc(Cl)cc2)oc1C. The van der Waals surface area contributed by atoms with Crippen LogP contribution in [0.15, 0.2) is 28.7 Å². The zero-order valence-corrected chi connectivity index (χ0v) is 14.9. The maximum absolute atomic E-state index is 11.9. The maximum atomic E-state index is 11.9. The number of rotatable bonds is 7. The number of aromatic nitrogens is 1. The van der Waals surface area contributed by atoms with Crippen LogP contribution in [0.2, 0.25) is 5.02 Å². The van der Waals surface area contributed by atoms with Gasteiger partial charge in [-0.25, -0.2) is 18.1 Å². The van der Waals surface area contributed by atoms with Gasteiger partial charge in [-0.15, -0.1) is 0 Å². The Morgan fingerprint density at radius 3 is 2.58 bits per heavy atom. The normalized spacial score (nSPS) is 11.5. The quantitative estimate of drug-likeness (QED) is 0.768. The first-order chi connectivity index (χ1) is 11.3. The number of nitrogens with zero attached hydrogens (tertiary/aromatic N) is 1. The van der Waals surface area contributed by atoms with Crippen LogP contribution in [0.4, 0.5) is 0 Å². The molecule has 0 aliphatic heterocycles. The lowest BCUT2D eigenvalue weighted by molar-refractivity contribution is -0.120. The van der Waals surface area contributed by atoms with Gasteiger partial charge in [-0.05, 0) is 38.2 Å². The monoisotopic (exact) mass is 371 g/mol. The fraction of sp³-hybridized carbons (Fsp3) is 0.333. The van der Waals surface area contributed by atoms with Crippen LogP contribution in [0.25, 0.3) is 11.5 Å². The fourth-order valence-corrected chi connectivity index (χ4v) is 2.65. The van der Waals surface area contributed by atoms with Crippen molar-refractivity contribution in [3.8, 4) is 11.5 Å². The van der Waals surface area contributed by atoms with Gasteiger partial charge >= 0.3 is 0 Å². The molecule has 24 heavy (non-hydrogen) atoms. The molecule has 1 amide bonds. The van der Waals surface area contributed by atoms with Crippen LogP contribution in [-0.2, 0) is 21.2 Å². The molecular formula is C15H18ClN3O4S. The van der Waals surface area contributed by atoms with Gasteiger partial charge < -0.3 is 9.73 Å². The number of amides is 1. The van der Waals surface area contributed by atoms with Crippen molar-refractivity contribution < 1.29 is 17.6 Å². The lowest BCUT2D eigenvalue weighted by Crippen LogP contribution is -2.33. The van der Waals surface area contributed by atoms with Crippen molar-refractivity contribution in [3.63, 3.8) is 0 Å². The summed E-state index contributed by atoms with van der Waals surface area (Å²) < 4.78 is 30.3. The molecule has 0 unspecified atom stereocenters. The molecule has 0 radical (unpaired) electrons. The number of carbonyl (C=O) groups is 1. The van der Waals surface area contributed by atoms with Crippen molar-refractivity contribution in [1.82, 2.24) is 15.0 Å². The van der Waals surface area contributed by atoms with Gasteiger partial charge in [0, 0.05) is 17.1 Å². The summed E-state index contributed by atoms with van der Waals surface area (Å²) in [7, 11) is -2.01. The van der Waals surface area contributed by atoms with Crippen LogP contribution in [0.1, 0.15) is 11.5 Å². The Morgan fingerprint density at radius 2 is 1.96 bits per heavy atom. The molecule has 7 nitrogen and oxygen atoms in total. The zero-order valence-electron chi connectivity index (χ0n) is 13.3. The summed E-state index contributed by atoms with van der Waals surface area (Å²) in [6.07, 6.45) is 0.0164. The Kier molecular flexibility index (Phi) is 5.98. The molecule has 0 spiro atoms. The van der Waals surface area contributed by atoms with E-state index in [2.05, 4.69) is 15.0 Å². The highest BCUT2D eigenvalue weighted by Crippen LogP contribution is 2.23. The highest BCUT2D eigenvalue weighted by atomic mass is 35.5. The first-order valence-electron chi connectivity index (χ1n) is 7.21. The average molecular weight is 372 g/mol. The molecule has 0 aliphatic rings. The summed E-state index contributed by atoms with van der Waals surface area (Å²) in [5, 5.41) is 3.16. The predicted molar refractivity (Wildman–Crippen MR) is 91.2 cm³/mol. The molecule has 2 rings (SSSR count).